The first-order chi connectivity index (χ1) is 12.5. The summed E-state index contributed by atoms with van der Waals surface area (Å²) in [5, 5.41) is 5.02. The predicted molar refractivity (Wildman–Crippen MR) is 95.3 cm³/mol. The first kappa shape index (κ1) is 16.4. The summed E-state index contributed by atoms with van der Waals surface area (Å²) >= 11 is 1.19. The number of benzene rings is 2. The van der Waals surface area contributed by atoms with Crippen molar-refractivity contribution in [3.05, 3.63) is 71.1 Å². The van der Waals surface area contributed by atoms with E-state index in [0.29, 0.717) is 21.5 Å². The highest BCUT2D eigenvalue weighted by atomic mass is 32.1. The molecule has 0 aliphatic heterocycles. The topological polar surface area (TPSA) is 44.1 Å². The molecule has 0 aliphatic rings. The molecule has 0 amide bonds. The maximum atomic E-state index is 14.1. The molecule has 0 aliphatic carbocycles. The van der Waals surface area contributed by atoms with Crippen LogP contribution in [0, 0.1) is 11.6 Å². The lowest BCUT2D eigenvalue weighted by atomic mass is 10.1. The highest BCUT2D eigenvalue weighted by Gasteiger charge is 2.20. The van der Waals surface area contributed by atoms with E-state index in [9.17, 15) is 13.6 Å². The number of esters is 1. The first-order valence-corrected chi connectivity index (χ1v) is 8.54. The number of halogens is 2. The van der Waals surface area contributed by atoms with E-state index in [1.54, 1.807) is 36.0 Å². The van der Waals surface area contributed by atoms with E-state index in [1.807, 2.05) is 0 Å². The third kappa shape index (κ3) is 2.86. The standard InChI is InChI=1S/C19H12F2N2O2S/c1-23-18-14(17(22-23)13-7-2-3-8-15(13)21)10-16(26-18)19(24)25-12-6-4-5-11(20)9-12/h2-10H,1H3. The molecule has 0 spiro atoms. The van der Waals surface area contributed by atoms with E-state index < -0.39 is 11.8 Å². The molecule has 0 fully saturated rings. The average molecular weight is 370 g/mol. The minimum absolute atomic E-state index is 0.125. The van der Waals surface area contributed by atoms with Gasteiger partial charge in [-0.1, -0.05) is 18.2 Å². The number of carbonyl (C=O) groups excluding carboxylic acids is 1. The van der Waals surface area contributed by atoms with Crippen LogP contribution in [-0.2, 0) is 7.05 Å². The fourth-order valence-electron chi connectivity index (χ4n) is 2.68. The predicted octanol–water partition coefficient (Wildman–Crippen LogP) is 4.80. The highest BCUT2D eigenvalue weighted by Crippen LogP contribution is 2.35. The Morgan fingerprint density at radius 1 is 1.12 bits per heavy atom. The summed E-state index contributed by atoms with van der Waals surface area (Å²) in [6, 6.07) is 13.3. The maximum Gasteiger partial charge on any atom is 0.353 e. The smallest absolute Gasteiger partial charge is 0.353 e. The summed E-state index contributed by atoms with van der Waals surface area (Å²) < 4.78 is 34.2. The summed E-state index contributed by atoms with van der Waals surface area (Å²) in [6.45, 7) is 0. The second-order valence-electron chi connectivity index (χ2n) is 5.63. The van der Waals surface area contributed by atoms with Crippen molar-refractivity contribution in [2.24, 2.45) is 7.05 Å². The minimum Gasteiger partial charge on any atom is -0.422 e. The molecule has 2 heterocycles. The molecule has 0 unspecified atom stereocenters. The largest absolute Gasteiger partial charge is 0.422 e. The summed E-state index contributed by atoms with van der Waals surface area (Å²) in [4.78, 5) is 13.4. The molecule has 0 saturated heterocycles. The van der Waals surface area contributed by atoms with E-state index in [1.165, 1.54) is 35.6 Å². The van der Waals surface area contributed by atoms with Gasteiger partial charge in [0.1, 0.15) is 32.8 Å². The highest BCUT2D eigenvalue weighted by molar-refractivity contribution is 7.20. The first-order valence-electron chi connectivity index (χ1n) is 7.72. The van der Waals surface area contributed by atoms with Crippen LogP contribution in [0.1, 0.15) is 9.67 Å². The lowest BCUT2D eigenvalue weighted by Gasteiger charge is -2.02. The molecule has 4 nitrogen and oxygen atoms in total. The molecule has 4 aromatic rings. The van der Waals surface area contributed by atoms with Gasteiger partial charge in [0.2, 0.25) is 0 Å². The van der Waals surface area contributed by atoms with E-state index in [2.05, 4.69) is 5.10 Å². The zero-order chi connectivity index (χ0) is 18.3. The van der Waals surface area contributed by atoms with Gasteiger partial charge in [-0.3, -0.25) is 4.68 Å². The number of rotatable bonds is 3. The Morgan fingerprint density at radius 2 is 1.92 bits per heavy atom. The lowest BCUT2D eigenvalue weighted by Crippen LogP contribution is -2.06. The number of ether oxygens (including phenoxy) is 1. The van der Waals surface area contributed by atoms with Gasteiger partial charge in [-0.25, -0.2) is 13.6 Å². The quantitative estimate of drug-likeness (QED) is 0.384. The van der Waals surface area contributed by atoms with Crippen molar-refractivity contribution < 1.29 is 18.3 Å². The van der Waals surface area contributed by atoms with Crippen molar-refractivity contribution >= 4 is 27.5 Å². The van der Waals surface area contributed by atoms with Crippen LogP contribution in [0.25, 0.3) is 21.5 Å². The van der Waals surface area contributed by atoms with Crippen LogP contribution in [0.5, 0.6) is 5.75 Å². The molecule has 130 valence electrons. The van der Waals surface area contributed by atoms with Crippen LogP contribution in [0.15, 0.2) is 54.6 Å². The molecular weight excluding hydrogens is 358 g/mol. The SMILES string of the molecule is Cn1nc(-c2ccccc2F)c2cc(C(=O)Oc3cccc(F)c3)sc21. The van der Waals surface area contributed by atoms with Gasteiger partial charge >= 0.3 is 5.97 Å². The second-order valence-corrected chi connectivity index (χ2v) is 6.66. The van der Waals surface area contributed by atoms with Crippen molar-refractivity contribution in [3.8, 4) is 17.0 Å². The molecule has 7 heteroatoms. The van der Waals surface area contributed by atoms with Crippen LogP contribution in [0.3, 0.4) is 0 Å². The summed E-state index contributed by atoms with van der Waals surface area (Å²) in [6.07, 6.45) is 0. The van der Waals surface area contributed by atoms with Gasteiger partial charge in [-0.05, 0) is 30.3 Å². The summed E-state index contributed by atoms with van der Waals surface area (Å²) in [5.74, 6) is -1.35. The maximum absolute atomic E-state index is 14.1. The normalized spacial score (nSPS) is 11.0. The van der Waals surface area contributed by atoms with E-state index >= 15 is 0 Å². The summed E-state index contributed by atoms with van der Waals surface area (Å²) in [7, 11) is 1.73. The van der Waals surface area contributed by atoms with Gasteiger partial charge in [0, 0.05) is 24.1 Å². The monoisotopic (exact) mass is 370 g/mol. The fourth-order valence-corrected chi connectivity index (χ4v) is 3.63. The molecule has 2 aromatic carbocycles. The van der Waals surface area contributed by atoms with Crippen molar-refractivity contribution in [2.75, 3.05) is 0 Å². The molecule has 0 saturated carbocycles. The van der Waals surface area contributed by atoms with Crippen molar-refractivity contribution in [2.45, 2.75) is 0 Å². The van der Waals surface area contributed by atoms with Gasteiger partial charge in [0.05, 0.1) is 0 Å². The van der Waals surface area contributed by atoms with Crippen molar-refractivity contribution in [3.63, 3.8) is 0 Å². The number of aromatic nitrogens is 2. The molecular formula is C19H12F2N2O2S. The molecule has 26 heavy (non-hydrogen) atoms. The Labute approximate surface area is 151 Å². The minimum atomic E-state index is -0.601. The second kappa shape index (κ2) is 6.34. The van der Waals surface area contributed by atoms with Crippen molar-refractivity contribution in [1.29, 1.82) is 0 Å². The van der Waals surface area contributed by atoms with E-state index in [0.717, 1.165) is 10.9 Å². The van der Waals surface area contributed by atoms with Gasteiger partial charge in [0.15, 0.2) is 0 Å². The molecule has 4 rings (SSSR count). The van der Waals surface area contributed by atoms with Crippen LogP contribution >= 0.6 is 11.3 Å². The summed E-state index contributed by atoms with van der Waals surface area (Å²) in [5.41, 5.74) is 0.822. The average Bonchev–Trinajstić information content (AvgIpc) is 3.17. The van der Waals surface area contributed by atoms with Crippen molar-refractivity contribution in [1.82, 2.24) is 9.78 Å². The van der Waals surface area contributed by atoms with Crippen LogP contribution in [0.4, 0.5) is 8.78 Å². The number of fused-ring (bicyclic) bond motifs is 1. The van der Waals surface area contributed by atoms with Crippen LogP contribution < -0.4 is 4.74 Å². The Morgan fingerprint density at radius 3 is 2.69 bits per heavy atom. The van der Waals surface area contributed by atoms with Gasteiger partial charge in [-0.2, -0.15) is 5.10 Å². The van der Waals surface area contributed by atoms with Gasteiger partial charge < -0.3 is 4.74 Å². The fraction of sp³-hybridized carbons (Fsp3) is 0.0526. The number of nitrogens with zero attached hydrogens (tertiary/aromatic N) is 2. The number of hydrogen-bond acceptors (Lipinski definition) is 4. The zero-order valence-electron chi connectivity index (χ0n) is 13.6. The number of carbonyl (C=O) groups is 1. The number of thiophene rings is 1. The van der Waals surface area contributed by atoms with E-state index in [4.69, 9.17) is 4.74 Å². The van der Waals surface area contributed by atoms with E-state index in [-0.39, 0.29) is 11.6 Å². The Bertz CT molecular complexity index is 1130. The van der Waals surface area contributed by atoms with Gasteiger partial charge in [0.25, 0.3) is 0 Å². The number of aryl methyl sites for hydroxylation is 1. The molecule has 2 aromatic heterocycles. The van der Waals surface area contributed by atoms with Crippen LogP contribution in [0.2, 0.25) is 0 Å². The van der Waals surface area contributed by atoms with Crippen LogP contribution in [-0.4, -0.2) is 15.7 Å². The third-order valence-corrected chi connectivity index (χ3v) is 5.03. The molecule has 0 atom stereocenters. The Kier molecular flexibility index (Phi) is 4.00. The zero-order valence-corrected chi connectivity index (χ0v) is 14.4. The number of hydrogen-bond donors (Lipinski definition) is 0. The molecule has 0 N–H and O–H groups in total. The Balaban J connectivity index is 1.73. The van der Waals surface area contributed by atoms with Gasteiger partial charge in [-0.15, -0.1) is 11.3 Å². The lowest BCUT2D eigenvalue weighted by molar-refractivity contribution is 0.0739. The third-order valence-electron chi connectivity index (χ3n) is 3.85. The Hall–Kier alpha value is -3.06. The molecule has 0 radical (unpaired) electrons. The molecule has 0 bridgehead atoms.